The number of rotatable bonds is 6. The van der Waals surface area contributed by atoms with Crippen LogP contribution in [-0.2, 0) is 9.53 Å². The Balaban J connectivity index is 1.89. The number of nitrogens with zero attached hydrogens (tertiary/aromatic N) is 1. The number of ether oxygens (including phenoxy) is 1. The summed E-state index contributed by atoms with van der Waals surface area (Å²) in [6.07, 6.45) is 3.51. The normalized spacial score (nSPS) is 29.2. The predicted molar refractivity (Wildman–Crippen MR) is 105 cm³/mol. The molecule has 1 aromatic carbocycles. The van der Waals surface area contributed by atoms with E-state index in [-0.39, 0.29) is 36.6 Å². The van der Waals surface area contributed by atoms with Crippen LogP contribution in [0.4, 0.5) is 4.39 Å². The number of alkyl halides is 1. The van der Waals surface area contributed by atoms with E-state index in [1.807, 2.05) is 13.8 Å². The van der Waals surface area contributed by atoms with Gasteiger partial charge in [-0.15, -0.1) is 0 Å². The molecule has 138 valence electrons. The molecule has 2 aliphatic rings. The molecule has 0 spiro atoms. The third kappa shape index (κ3) is 4.18. The van der Waals surface area contributed by atoms with Crippen LogP contribution >= 0.6 is 22.6 Å². The van der Waals surface area contributed by atoms with Crippen LogP contribution < -0.4 is 0 Å². The minimum Gasteiger partial charge on any atom is -0.463 e. The monoisotopic (exact) mass is 459 g/mol. The van der Waals surface area contributed by atoms with E-state index in [0.717, 1.165) is 25.8 Å². The summed E-state index contributed by atoms with van der Waals surface area (Å²) in [7, 11) is 0. The van der Waals surface area contributed by atoms with E-state index in [4.69, 9.17) is 4.74 Å². The molecule has 2 aliphatic heterocycles. The Bertz CT molecular complexity index is 592. The molecular weight excluding hydrogens is 432 g/mol. The summed E-state index contributed by atoms with van der Waals surface area (Å²) >= 11 is 2.31. The zero-order chi connectivity index (χ0) is 18.0. The second-order valence-electron chi connectivity index (χ2n) is 7.48. The lowest BCUT2D eigenvalue weighted by Gasteiger charge is -2.44. The molecule has 0 saturated carbocycles. The number of hydrogen-bond acceptors (Lipinski definition) is 3. The van der Waals surface area contributed by atoms with Crippen LogP contribution in [-0.4, -0.2) is 42.3 Å². The lowest BCUT2D eigenvalue weighted by atomic mass is 9.76. The number of benzene rings is 1. The summed E-state index contributed by atoms with van der Waals surface area (Å²) in [6, 6.07) is 9.16. The summed E-state index contributed by atoms with van der Waals surface area (Å²) in [6.45, 7) is 4.26. The smallest absolute Gasteiger partial charge is 0.311 e. The Kier molecular flexibility index (Phi) is 6.36. The van der Waals surface area contributed by atoms with E-state index in [1.54, 1.807) is 0 Å². The largest absolute Gasteiger partial charge is 0.463 e. The molecule has 0 amide bonds. The van der Waals surface area contributed by atoms with E-state index in [9.17, 15) is 9.18 Å². The fraction of sp³-hybridized carbons (Fsp3) is 0.650. The highest BCUT2D eigenvalue weighted by Gasteiger charge is 2.50. The Morgan fingerprint density at radius 2 is 2.04 bits per heavy atom. The first-order valence-corrected chi connectivity index (χ1v) is 10.4. The Labute approximate surface area is 163 Å². The Morgan fingerprint density at radius 3 is 2.68 bits per heavy atom. The van der Waals surface area contributed by atoms with Crippen LogP contribution in [0.15, 0.2) is 24.3 Å². The molecule has 0 aromatic heterocycles. The maximum atomic E-state index is 12.9. The van der Waals surface area contributed by atoms with Crippen molar-refractivity contribution in [2.45, 2.75) is 63.6 Å². The van der Waals surface area contributed by atoms with E-state index < -0.39 is 0 Å². The van der Waals surface area contributed by atoms with Gasteiger partial charge in [-0.25, -0.2) is 0 Å². The van der Waals surface area contributed by atoms with Gasteiger partial charge >= 0.3 is 5.97 Å². The number of esters is 1. The van der Waals surface area contributed by atoms with Crippen molar-refractivity contribution in [2.75, 3.05) is 13.2 Å². The minimum atomic E-state index is -0.294. The second kappa shape index (κ2) is 8.33. The van der Waals surface area contributed by atoms with Crippen molar-refractivity contribution in [3.8, 4) is 0 Å². The molecule has 3 rings (SSSR count). The molecule has 25 heavy (non-hydrogen) atoms. The first kappa shape index (κ1) is 19.1. The van der Waals surface area contributed by atoms with Gasteiger partial charge in [0.15, 0.2) is 0 Å². The molecule has 2 heterocycles. The van der Waals surface area contributed by atoms with Crippen LogP contribution in [0.2, 0.25) is 0 Å². The number of hydrogen-bond donors (Lipinski definition) is 0. The lowest BCUT2D eigenvalue weighted by molar-refractivity contribution is -0.157. The van der Waals surface area contributed by atoms with Gasteiger partial charge in [-0.05, 0) is 79.8 Å². The summed E-state index contributed by atoms with van der Waals surface area (Å²) in [5, 5.41) is 0. The molecule has 5 heteroatoms. The molecule has 0 N–H and O–H groups in total. The third-order valence-corrected chi connectivity index (χ3v) is 6.26. The van der Waals surface area contributed by atoms with Gasteiger partial charge in [0.2, 0.25) is 0 Å². The average Bonchev–Trinajstić information content (AvgIpc) is 2.84. The van der Waals surface area contributed by atoms with Crippen LogP contribution in [0.5, 0.6) is 0 Å². The fourth-order valence-corrected chi connectivity index (χ4v) is 4.95. The zero-order valence-corrected chi connectivity index (χ0v) is 17.1. The Hall–Kier alpha value is -0.690. The molecule has 1 unspecified atom stereocenters. The second-order valence-corrected chi connectivity index (χ2v) is 8.73. The van der Waals surface area contributed by atoms with Gasteiger partial charge in [0.1, 0.15) is 0 Å². The van der Waals surface area contributed by atoms with Crippen molar-refractivity contribution >= 4 is 28.6 Å². The highest BCUT2D eigenvalue weighted by molar-refractivity contribution is 14.1. The highest BCUT2D eigenvalue weighted by Crippen LogP contribution is 2.47. The molecule has 3 nitrogen and oxygen atoms in total. The van der Waals surface area contributed by atoms with Crippen LogP contribution in [0, 0.1) is 9.49 Å². The maximum Gasteiger partial charge on any atom is 0.311 e. The van der Waals surface area contributed by atoms with Gasteiger partial charge in [0.05, 0.1) is 18.7 Å². The van der Waals surface area contributed by atoms with Crippen molar-refractivity contribution in [2.24, 2.45) is 5.92 Å². The zero-order valence-electron chi connectivity index (χ0n) is 15.0. The predicted octanol–water partition coefficient (Wildman–Crippen LogP) is 4.54. The van der Waals surface area contributed by atoms with Crippen molar-refractivity contribution in [1.29, 1.82) is 0 Å². The number of carbonyl (C=O) groups excluding carboxylic acids is 1. The topological polar surface area (TPSA) is 29.5 Å². The standard InChI is InChI=1S/C20H27FINO2/c1-13(2)25-20(24)19-17(14-4-6-15(22)7-5-14)12-16-8-9-18(19)23(16)11-3-10-21/h4-7,13,16-19H,3,8-12H2,1-2H3/t16-,17-,18?,19+/m1/s1. The highest BCUT2D eigenvalue weighted by atomic mass is 127. The molecule has 1 aromatic rings. The third-order valence-electron chi connectivity index (χ3n) is 5.54. The minimum absolute atomic E-state index is 0.0888. The molecule has 2 fully saturated rings. The molecule has 2 bridgehead atoms. The van der Waals surface area contributed by atoms with Crippen LogP contribution in [0.25, 0.3) is 0 Å². The van der Waals surface area contributed by atoms with Crippen LogP contribution in [0.1, 0.15) is 51.0 Å². The van der Waals surface area contributed by atoms with E-state index in [1.165, 1.54) is 9.13 Å². The van der Waals surface area contributed by atoms with E-state index in [2.05, 4.69) is 51.8 Å². The molecular formula is C20H27FINO2. The number of fused-ring (bicyclic) bond motifs is 2. The summed E-state index contributed by atoms with van der Waals surface area (Å²) in [4.78, 5) is 15.3. The van der Waals surface area contributed by atoms with Crippen molar-refractivity contribution in [1.82, 2.24) is 4.90 Å². The van der Waals surface area contributed by atoms with Crippen molar-refractivity contribution < 1.29 is 13.9 Å². The van der Waals surface area contributed by atoms with E-state index in [0.29, 0.717) is 12.5 Å². The average molecular weight is 459 g/mol. The van der Waals surface area contributed by atoms with Gasteiger partial charge < -0.3 is 4.74 Å². The quantitative estimate of drug-likeness (QED) is 0.462. The molecule has 0 radical (unpaired) electrons. The van der Waals surface area contributed by atoms with Gasteiger partial charge in [-0.2, -0.15) is 0 Å². The van der Waals surface area contributed by atoms with Crippen molar-refractivity contribution in [3.63, 3.8) is 0 Å². The summed E-state index contributed by atoms with van der Waals surface area (Å²) in [5.41, 5.74) is 1.23. The van der Waals surface area contributed by atoms with Gasteiger partial charge in [-0.3, -0.25) is 14.1 Å². The van der Waals surface area contributed by atoms with E-state index >= 15 is 0 Å². The fourth-order valence-electron chi connectivity index (χ4n) is 4.59. The number of piperidine rings is 1. The van der Waals surface area contributed by atoms with Gasteiger partial charge in [0.25, 0.3) is 0 Å². The van der Waals surface area contributed by atoms with Crippen molar-refractivity contribution in [3.05, 3.63) is 33.4 Å². The maximum absolute atomic E-state index is 12.9. The molecule has 2 saturated heterocycles. The van der Waals surface area contributed by atoms with Crippen LogP contribution in [0.3, 0.4) is 0 Å². The van der Waals surface area contributed by atoms with Gasteiger partial charge in [-0.1, -0.05) is 12.1 Å². The Morgan fingerprint density at radius 1 is 1.32 bits per heavy atom. The number of carbonyl (C=O) groups is 1. The summed E-state index contributed by atoms with van der Waals surface area (Å²) < 4.78 is 19.5. The lowest BCUT2D eigenvalue weighted by Crippen LogP contribution is -2.51. The SMILES string of the molecule is CC(C)OC(=O)[C@@H]1C2CC[C@H](C[C@@H]1c1ccc(I)cc1)N2CCCF. The molecule has 0 aliphatic carbocycles. The van der Waals surface area contributed by atoms with Gasteiger partial charge in [0, 0.05) is 28.1 Å². The number of halogens is 2. The molecule has 4 atom stereocenters. The summed E-state index contributed by atoms with van der Waals surface area (Å²) in [5.74, 6) is -0.0441. The first-order valence-electron chi connectivity index (χ1n) is 9.29. The first-order chi connectivity index (χ1) is 12.0.